The molecule has 0 aromatic heterocycles. The van der Waals surface area contributed by atoms with Crippen LogP contribution in [-0.2, 0) is 17.6 Å². The first-order chi connectivity index (χ1) is 9.70. The second kappa shape index (κ2) is 7.65. The van der Waals surface area contributed by atoms with Gasteiger partial charge < -0.3 is 14.8 Å². The molecular weight excluding hydrogens is 250 g/mol. The molecule has 1 aliphatic heterocycles. The molecule has 112 valence electrons. The summed E-state index contributed by atoms with van der Waals surface area (Å²) in [6, 6.07) is 7.18. The molecule has 1 aliphatic rings. The molecule has 0 fully saturated rings. The van der Waals surface area contributed by atoms with Gasteiger partial charge in [0.1, 0.15) is 5.75 Å². The molecule has 0 saturated carbocycles. The van der Waals surface area contributed by atoms with Crippen molar-refractivity contribution in [2.45, 2.75) is 39.2 Å². The van der Waals surface area contributed by atoms with Gasteiger partial charge in [0.25, 0.3) is 0 Å². The van der Waals surface area contributed by atoms with E-state index in [9.17, 15) is 0 Å². The summed E-state index contributed by atoms with van der Waals surface area (Å²) in [6.07, 6.45) is 3.42. The van der Waals surface area contributed by atoms with Gasteiger partial charge in [0.05, 0.1) is 13.2 Å². The number of nitrogens with one attached hydrogen (secondary N) is 1. The summed E-state index contributed by atoms with van der Waals surface area (Å²) in [5.41, 5.74) is 2.81. The molecule has 0 amide bonds. The molecule has 2 unspecified atom stereocenters. The normalized spacial score (nSPS) is 16.6. The number of ether oxygens (including phenoxy) is 2. The number of methoxy groups -OCH3 is 1. The Labute approximate surface area is 122 Å². The molecule has 0 bridgehead atoms. The first-order valence-corrected chi connectivity index (χ1v) is 7.67. The summed E-state index contributed by atoms with van der Waals surface area (Å²) >= 11 is 0. The second-order valence-corrected chi connectivity index (χ2v) is 5.79. The Balaban J connectivity index is 1.76. The van der Waals surface area contributed by atoms with Gasteiger partial charge in [0.15, 0.2) is 0 Å². The van der Waals surface area contributed by atoms with E-state index in [2.05, 4.69) is 37.4 Å². The van der Waals surface area contributed by atoms with Crippen LogP contribution in [0.15, 0.2) is 18.2 Å². The Morgan fingerprint density at radius 2 is 2.20 bits per heavy atom. The van der Waals surface area contributed by atoms with Gasteiger partial charge in [-0.1, -0.05) is 19.1 Å². The molecular formula is C17H27NO2. The molecule has 1 N–H and O–H groups in total. The van der Waals surface area contributed by atoms with Gasteiger partial charge in [-0.15, -0.1) is 0 Å². The highest BCUT2D eigenvalue weighted by Gasteiger charge is 2.14. The molecule has 2 rings (SSSR count). The van der Waals surface area contributed by atoms with Crippen LogP contribution < -0.4 is 10.1 Å². The fourth-order valence-corrected chi connectivity index (χ4v) is 2.63. The minimum Gasteiger partial charge on any atom is -0.493 e. The van der Waals surface area contributed by atoms with E-state index in [4.69, 9.17) is 9.47 Å². The number of rotatable bonds is 8. The van der Waals surface area contributed by atoms with Gasteiger partial charge in [-0.25, -0.2) is 0 Å². The third-order valence-electron chi connectivity index (χ3n) is 4.27. The maximum atomic E-state index is 5.55. The summed E-state index contributed by atoms with van der Waals surface area (Å²) in [7, 11) is 1.74. The Morgan fingerprint density at radius 1 is 1.35 bits per heavy atom. The SMILES string of the molecule is COCCNC(C)C(C)CCc1ccc2c(c1)CCO2. The van der Waals surface area contributed by atoms with Crippen molar-refractivity contribution in [2.75, 3.05) is 26.9 Å². The Kier molecular flexibility index (Phi) is 5.86. The third-order valence-corrected chi connectivity index (χ3v) is 4.27. The van der Waals surface area contributed by atoms with Gasteiger partial charge >= 0.3 is 0 Å². The predicted molar refractivity (Wildman–Crippen MR) is 82.5 cm³/mol. The molecule has 0 aliphatic carbocycles. The van der Waals surface area contributed by atoms with Crippen LogP contribution in [0, 0.1) is 5.92 Å². The minimum absolute atomic E-state index is 0.530. The van der Waals surface area contributed by atoms with Gasteiger partial charge in [-0.05, 0) is 42.9 Å². The molecule has 1 aromatic carbocycles. The smallest absolute Gasteiger partial charge is 0.122 e. The highest BCUT2D eigenvalue weighted by Crippen LogP contribution is 2.26. The quantitative estimate of drug-likeness (QED) is 0.741. The van der Waals surface area contributed by atoms with Crippen LogP contribution in [0.5, 0.6) is 5.75 Å². The van der Waals surface area contributed by atoms with E-state index in [0.29, 0.717) is 12.0 Å². The Hall–Kier alpha value is -1.06. The van der Waals surface area contributed by atoms with Crippen molar-refractivity contribution < 1.29 is 9.47 Å². The van der Waals surface area contributed by atoms with E-state index in [-0.39, 0.29) is 0 Å². The van der Waals surface area contributed by atoms with Gasteiger partial charge in [-0.3, -0.25) is 0 Å². The van der Waals surface area contributed by atoms with Crippen LogP contribution in [0.3, 0.4) is 0 Å². The first kappa shape index (κ1) is 15.3. The van der Waals surface area contributed by atoms with Gasteiger partial charge in [-0.2, -0.15) is 0 Å². The molecule has 0 saturated heterocycles. The summed E-state index contributed by atoms with van der Waals surface area (Å²) in [5.74, 6) is 1.74. The minimum atomic E-state index is 0.530. The summed E-state index contributed by atoms with van der Waals surface area (Å²) in [6.45, 7) is 7.13. The zero-order valence-corrected chi connectivity index (χ0v) is 12.9. The van der Waals surface area contributed by atoms with Crippen molar-refractivity contribution in [1.29, 1.82) is 0 Å². The summed E-state index contributed by atoms with van der Waals surface area (Å²) < 4.78 is 10.6. The van der Waals surface area contributed by atoms with Crippen molar-refractivity contribution in [3.8, 4) is 5.75 Å². The number of benzene rings is 1. The van der Waals surface area contributed by atoms with E-state index in [1.807, 2.05) is 0 Å². The fourth-order valence-electron chi connectivity index (χ4n) is 2.63. The number of aryl methyl sites for hydroxylation is 1. The lowest BCUT2D eigenvalue weighted by Gasteiger charge is -2.21. The standard InChI is InChI=1S/C17H27NO2/c1-13(14(2)18-9-11-19-3)4-5-15-6-7-17-16(12-15)8-10-20-17/h6-7,12-14,18H,4-5,8-11H2,1-3H3. The first-order valence-electron chi connectivity index (χ1n) is 7.67. The summed E-state index contributed by atoms with van der Waals surface area (Å²) in [4.78, 5) is 0. The largest absolute Gasteiger partial charge is 0.493 e. The van der Waals surface area contributed by atoms with Crippen molar-refractivity contribution in [2.24, 2.45) is 5.92 Å². The average Bonchev–Trinajstić information content (AvgIpc) is 2.92. The molecule has 20 heavy (non-hydrogen) atoms. The van der Waals surface area contributed by atoms with E-state index >= 15 is 0 Å². The summed E-state index contributed by atoms with van der Waals surface area (Å²) in [5, 5.41) is 3.52. The molecule has 1 heterocycles. The van der Waals surface area contributed by atoms with Gasteiger partial charge in [0.2, 0.25) is 0 Å². The van der Waals surface area contributed by atoms with Crippen LogP contribution in [0.1, 0.15) is 31.4 Å². The molecule has 0 radical (unpaired) electrons. The van der Waals surface area contributed by atoms with E-state index < -0.39 is 0 Å². The Bertz CT molecular complexity index is 419. The lowest BCUT2D eigenvalue weighted by molar-refractivity contribution is 0.192. The number of hydrogen-bond donors (Lipinski definition) is 1. The number of fused-ring (bicyclic) bond motifs is 1. The molecule has 3 nitrogen and oxygen atoms in total. The van der Waals surface area contributed by atoms with Crippen LogP contribution in [0.2, 0.25) is 0 Å². The van der Waals surface area contributed by atoms with Crippen LogP contribution in [0.25, 0.3) is 0 Å². The van der Waals surface area contributed by atoms with E-state index in [1.54, 1.807) is 7.11 Å². The predicted octanol–water partition coefficient (Wildman–Crippen LogP) is 2.81. The highest BCUT2D eigenvalue weighted by molar-refractivity contribution is 5.39. The van der Waals surface area contributed by atoms with Crippen LogP contribution in [0.4, 0.5) is 0 Å². The third kappa shape index (κ3) is 4.22. The second-order valence-electron chi connectivity index (χ2n) is 5.79. The molecule has 2 atom stereocenters. The molecule has 3 heteroatoms. The van der Waals surface area contributed by atoms with Crippen molar-refractivity contribution >= 4 is 0 Å². The maximum Gasteiger partial charge on any atom is 0.122 e. The highest BCUT2D eigenvalue weighted by atomic mass is 16.5. The van der Waals surface area contributed by atoms with Crippen molar-refractivity contribution in [3.63, 3.8) is 0 Å². The van der Waals surface area contributed by atoms with Crippen molar-refractivity contribution in [1.82, 2.24) is 5.32 Å². The van der Waals surface area contributed by atoms with E-state index in [0.717, 1.165) is 38.3 Å². The lowest BCUT2D eigenvalue weighted by atomic mass is 9.94. The lowest BCUT2D eigenvalue weighted by Crippen LogP contribution is -2.34. The topological polar surface area (TPSA) is 30.5 Å². The molecule has 1 aromatic rings. The van der Waals surface area contributed by atoms with Crippen molar-refractivity contribution in [3.05, 3.63) is 29.3 Å². The molecule has 0 spiro atoms. The Morgan fingerprint density at radius 3 is 3.00 bits per heavy atom. The zero-order chi connectivity index (χ0) is 14.4. The number of hydrogen-bond acceptors (Lipinski definition) is 3. The van der Waals surface area contributed by atoms with Gasteiger partial charge in [0, 0.05) is 26.1 Å². The fraction of sp³-hybridized carbons (Fsp3) is 0.647. The van der Waals surface area contributed by atoms with Crippen LogP contribution in [-0.4, -0.2) is 32.9 Å². The zero-order valence-electron chi connectivity index (χ0n) is 12.9. The maximum absolute atomic E-state index is 5.55. The van der Waals surface area contributed by atoms with E-state index in [1.165, 1.54) is 17.5 Å². The average molecular weight is 277 g/mol. The monoisotopic (exact) mass is 277 g/mol. The van der Waals surface area contributed by atoms with Crippen LogP contribution >= 0.6 is 0 Å².